The molecule has 1 amide bonds. The fourth-order valence-corrected chi connectivity index (χ4v) is 2.62. The molecular formula is C12H24N2O5S. The van der Waals surface area contributed by atoms with Crippen molar-refractivity contribution in [2.24, 2.45) is 5.92 Å². The first-order valence-corrected chi connectivity index (χ1v) is 8.21. The maximum Gasteiger partial charge on any atom is 0.328 e. The lowest BCUT2D eigenvalue weighted by Crippen LogP contribution is -2.46. The third-order valence-corrected chi connectivity index (χ3v) is 3.98. The normalized spacial score (nSPS) is 13.1. The summed E-state index contributed by atoms with van der Waals surface area (Å²) in [6.07, 6.45) is 0.898. The van der Waals surface area contributed by atoms with Crippen molar-refractivity contribution in [1.29, 1.82) is 0 Å². The van der Waals surface area contributed by atoms with Crippen LogP contribution < -0.4 is 10.0 Å². The van der Waals surface area contributed by atoms with Gasteiger partial charge < -0.3 is 10.1 Å². The highest BCUT2D eigenvalue weighted by Gasteiger charge is 2.23. The third kappa shape index (κ3) is 8.11. The van der Waals surface area contributed by atoms with Crippen LogP contribution in [0.1, 0.15) is 33.6 Å². The third-order valence-electron chi connectivity index (χ3n) is 2.45. The molecule has 0 aromatic heterocycles. The van der Waals surface area contributed by atoms with Crippen LogP contribution in [0.25, 0.3) is 0 Å². The minimum atomic E-state index is -3.44. The van der Waals surface area contributed by atoms with Crippen molar-refractivity contribution in [1.82, 2.24) is 10.0 Å². The Morgan fingerprint density at radius 2 is 1.85 bits per heavy atom. The largest absolute Gasteiger partial charge is 0.467 e. The predicted octanol–water partition coefficient (Wildman–Crippen LogP) is 0.0197. The summed E-state index contributed by atoms with van der Waals surface area (Å²) in [5.41, 5.74) is 0. The minimum absolute atomic E-state index is 0.0350. The summed E-state index contributed by atoms with van der Waals surface area (Å²) in [4.78, 5) is 23.2. The molecule has 0 rings (SSSR count). The molecule has 0 saturated carbocycles. The van der Waals surface area contributed by atoms with E-state index in [4.69, 9.17) is 0 Å². The molecular weight excluding hydrogens is 284 g/mol. The quantitative estimate of drug-likeness (QED) is 0.585. The average Bonchev–Trinajstić information content (AvgIpc) is 2.34. The zero-order valence-electron chi connectivity index (χ0n) is 12.4. The standard InChI is InChI=1S/C12H24N2O5S/c1-5-6-20(17,18)13-8-11(15)14-10(7-9(2)3)12(16)19-4/h9-10,13H,5-8H2,1-4H3,(H,14,15)/t10-/m0/s1. The Morgan fingerprint density at radius 3 is 2.30 bits per heavy atom. The first-order chi connectivity index (χ1) is 9.21. The topological polar surface area (TPSA) is 102 Å². The highest BCUT2D eigenvalue weighted by Crippen LogP contribution is 2.06. The van der Waals surface area contributed by atoms with Crippen molar-refractivity contribution in [3.8, 4) is 0 Å². The van der Waals surface area contributed by atoms with E-state index in [0.717, 1.165) is 0 Å². The minimum Gasteiger partial charge on any atom is -0.467 e. The molecule has 0 heterocycles. The Bertz CT molecular complexity index is 420. The zero-order valence-corrected chi connectivity index (χ0v) is 13.2. The van der Waals surface area contributed by atoms with Crippen molar-refractivity contribution in [3.05, 3.63) is 0 Å². The van der Waals surface area contributed by atoms with Crippen LogP contribution in [0.15, 0.2) is 0 Å². The van der Waals surface area contributed by atoms with Gasteiger partial charge in [-0.25, -0.2) is 17.9 Å². The molecule has 0 aliphatic heterocycles. The van der Waals surface area contributed by atoms with Gasteiger partial charge in [0.1, 0.15) is 6.04 Å². The van der Waals surface area contributed by atoms with E-state index in [1.54, 1.807) is 6.92 Å². The van der Waals surface area contributed by atoms with Crippen molar-refractivity contribution in [2.45, 2.75) is 39.7 Å². The van der Waals surface area contributed by atoms with Crippen LogP contribution >= 0.6 is 0 Å². The summed E-state index contributed by atoms with van der Waals surface area (Å²) in [6.45, 7) is 5.17. The Morgan fingerprint density at radius 1 is 1.25 bits per heavy atom. The van der Waals surface area contributed by atoms with Gasteiger partial charge in [0.2, 0.25) is 15.9 Å². The summed E-state index contributed by atoms with van der Waals surface area (Å²) < 4.78 is 29.6. The summed E-state index contributed by atoms with van der Waals surface area (Å²) in [7, 11) is -2.20. The number of hydrogen-bond donors (Lipinski definition) is 2. The monoisotopic (exact) mass is 308 g/mol. The summed E-state index contributed by atoms with van der Waals surface area (Å²) >= 11 is 0. The van der Waals surface area contributed by atoms with Crippen LogP contribution in [0.4, 0.5) is 0 Å². The van der Waals surface area contributed by atoms with Gasteiger partial charge >= 0.3 is 5.97 Å². The van der Waals surface area contributed by atoms with E-state index in [0.29, 0.717) is 12.8 Å². The van der Waals surface area contributed by atoms with Gasteiger partial charge in [-0.05, 0) is 18.8 Å². The number of carbonyl (C=O) groups is 2. The van der Waals surface area contributed by atoms with E-state index in [1.807, 2.05) is 13.8 Å². The molecule has 0 aliphatic carbocycles. The maximum atomic E-state index is 11.7. The first-order valence-electron chi connectivity index (χ1n) is 6.56. The van der Waals surface area contributed by atoms with E-state index >= 15 is 0 Å². The number of rotatable bonds is 9. The van der Waals surface area contributed by atoms with E-state index < -0.39 is 27.9 Å². The second kappa shape index (κ2) is 8.91. The smallest absolute Gasteiger partial charge is 0.328 e. The number of hydrogen-bond acceptors (Lipinski definition) is 5. The molecule has 20 heavy (non-hydrogen) atoms. The van der Waals surface area contributed by atoms with Gasteiger partial charge in [-0.15, -0.1) is 0 Å². The van der Waals surface area contributed by atoms with Gasteiger partial charge in [-0.1, -0.05) is 20.8 Å². The molecule has 7 nitrogen and oxygen atoms in total. The molecule has 8 heteroatoms. The van der Waals surface area contributed by atoms with Gasteiger partial charge in [-0.3, -0.25) is 4.79 Å². The van der Waals surface area contributed by atoms with Crippen LogP contribution in [0, 0.1) is 5.92 Å². The molecule has 1 atom stereocenters. The number of methoxy groups -OCH3 is 1. The lowest BCUT2D eigenvalue weighted by atomic mass is 10.0. The van der Waals surface area contributed by atoms with Gasteiger partial charge in [0, 0.05) is 0 Å². The molecule has 0 unspecified atom stereocenters. The first kappa shape index (κ1) is 18.9. The number of sulfonamides is 1. The van der Waals surface area contributed by atoms with Crippen molar-refractivity contribution >= 4 is 21.9 Å². The molecule has 0 aliphatic rings. The molecule has 2 N–H and O–H groups in total. The molecule has 0 radical (unpaired) electrons. The Balaban J connectivity index is 4.43. The second-order valence-corrected chi connectivity index (χ2v) is 6.84. The second-order valence-electron chi connectivity index (χ2n) is 4.91. The molecule has 0 aromatic carbocycles. The Labute approximate surface area is 120 Å². The summed E-state index contributed by atoms with van der Waals surface area (Å²) in [5, 5.41) is 2.47. The predicted molar refractivity (Wildman–Crippen MR) is 75.5 cm³/mol. The summed E-state index contributed by atoms with van der Waals surface area (Å²) in [5.74, 6) is -0.937. The molecule has 118 valence electrons. The molecule has 0 fully saturated rings. The maximum absolute atomic E-state index is 11.7. The lowest BCUT2D eigenvalue weighted by molar-refractivity contribution is -0.145. The lowest BCUT2D eigenvalue weighted by Gasteiger charge is -2.18. The van der Waals surface area contributed by atoms with E-state index in [9.17, 15) is 18.0 Å². The van der Waals surface area contributed by atoms with Crippen LogP contribution in [0.3, 0.4) is 0 Å². The number of carbonyl (C=O) groups excluding carboxylic acids is 2. The molecule has 0 spiro atoms. The van der Waals surface area contributed by atoms with E-state index in [2.05, 4.69) is 14.8 Å². The Hall–Kier alpha value is -1.15. The van der Waals surface area contributed by atoms with Gasteiger partial charge in [0.15, 0.2) is 0 Å². The number of ether oxygens (including phenoxy) is 1. The summed E-state index contributed by atoms with van der Waals surface area (Å²) in [6, 6.07) is -0.761. The van der Waals surface area contributed by atoms with Crippen LogP contribution in [-0.2, 0) is 24.3 Å². The van der Waals surface area contributed by atoms with Crippen LogP contribution in [-0.4, -0.2) is 45.7 Å². The van der Waals surface area contributed by atoms with Gasteiger partial charge in [0.05, 0.1) is 19.4 Å². The van der Waals surface area contributed by atoms with Crippen LogP contribution in [0.2, 0.25) is 0 Å². The van der Waals surface area contributed by atoms with Crippen molar-refractivity contribution in [2.75, 3.05) is 19.4 Å². The highest BCUT2D eigenvalue weighted by atomic mass is 32.2. The van der Waals surface area contributed by atoms with E-state index in [1.165, 1.54) is 7.11 Å². The molecule has 0 bridgehead atoms. The number of esters is 1. The Kier molecular flexibility index (Phi) is 8.40. The fourth-order valence-electron chi connectivity index (χ4n) is 1.59. The van der Waals surface area contributed by atoms with Crippen LogP contribution in [0.5, 0.6) is 0 Å². The van der Waals surface area contributed by atoms with Crippen molar-refractivity contribution in [3.63, 3.8) is 0 Å². The van der Waals surface area contributed by atoms with Gasteiger partial charge in [0.25, 0.3) is 0 Å². The van der Waals surface area contributed by atoms with Crippen molar-refractivity contribution < 1.29 is 22.7 Å². The molecule has 0 saturated heterocycles. The van der Waals surface area contributed by atoms with E-state index in [-0.39, 0.29) is 18.2 Å². The number of amides is 1. The highest BCUT2D eigenvalue weighted by molar-refractivity contribution is 7.89. The van der Waals surface area contributed by atoms with Gasteiger partial charge in [-0.2, -0.15) is 0 Å². The zero-order chi connectivity index (χ0) is 15.8. The molecule has 0 aromatic rings. The fraction of sp³-hybridized carbons (Fsp3) is 0.833. The average molecular weight is 308 g/mol. The number of nitrogens with one attached hydrogen (secondary N) is 2. The SMILES string of the molecule is CCCS(=O)(=O)NCC(=O)N[C@@H](CC(C)C)C(=O)OC.